The molecular formula is C25H20ClF3N2O4. The molecule has 3 aliphatic rings. The van der Waals surface area contributed by atoms with Gasteiger partial charge in [-0.05, 0) is 55.7 Å². The highest BCUT2D eigenvalue weighted by Gasteiger charge is 2.43. The van der Waals surface area contributed by atoms with Crippen LogP contribution in [-0.2, 0) is 15.8 Å². The van der Waals surface area contributed by atoms with Gasteiger partial charge in [-0.1, -0.05) is 17.7 Å². The number of benzene rings is 2. The number of ketones is 1. The van der Waals surface area contributed by atoms with Crippen LogP contribution in [0.3, 0.4) is 0 Å². The first kappa shape index (κ1) is 23.4. The second-order valence-corrected chi connectivity index (χ2v) is 9.05. The van der Waals surface area contributed by atoms with Gasteiger partial charge in [-0.15, -0.1) is 0 Å². The van der Waals surface area contributed by atoms with Crippen molar-refractivity contribution in [1.29, 1.82) is 0 Å². The van der Waals surface area contributed by atoms with Crippen LogP contribution in [0.5, 0.6) is 11.5 Å². The van der Waals surface area contributed by atoms with Crippen LogP contribution in [0.25, 0.3) is 0 Å². The number of amides is 1. The summed E-state index contributed by atoms with van der Waals surface area (Å²) in [4.78, 5) is 31.2. The molecule has 6 nitrogen and oxygen atoms in total. The van der Waals surface area contributed by atoms with Crippen LogP contribution >= 0.6 is 11.6 Å². The fourth-order valence-corrected chi connectivity index (χ4v) is 4.99. The number of anilines is 1. The van der Waals surface area contributed by atoms with Gasteiger partial charge in [0.15, 0.2) is 17.3 Å². The van der Waals surface area contributed by atoms with E-state index in [-0.39, 0.29) is 23.3 Å². The lowest BCUT2D eigenvalue weighted by Gasteiger charge is -2.35. The maximum Gasteiger partial charge on any atom is 0.416 e. The number of rotatable bonds is 3. The molecule has 0 aromatic heterocycles. The number of hydrogen-bond donors (Lipinski definition) is 1. The van der Waals surface area contributed by atoms with E-state index in [4.69, 9.17) is 21.1 Å². The van der Waals surface area contributed by atoms with E-state index in [9.17, 15) is 22.8 Å². The standard InChI is InChI=1S/C25H20ClF3N2O4/c1-12-21(24(33)31-17-10-14(25(27,28)29)6-7-15(17)26)22(23-16(30-12)3-2-4-18(23)32)13-5-8-19-20(9-13)35-11-34-19/h5-10,21-22H,2-4,11H2,1H3,(H,31,33)/t21?,22-/m1/s1. The number of allylic oxidation sites excluding steroid dienone is 2. The van der Waals surface area contributed by atoms with E-state index in [1.165, 1.54) is 0 Å². The third-order valence-corrected chi connectivity index (χ3v) is 6.75. The molecule has 1 N–H and O–H groups in total. The number of fused-ring (bicyclic) bond motifs is 1. The van der Waals surface area contributed by atoms with Crippen molar-refractivity contribution in [3.8, 4) is 11.5 Å². The molecule has 1 amide bonds. The van der Waals surface area contributed by atoms with Crippen LogP contribution in [0.4, 0.5) is 18.9 Å². The molecule has 0 saturated heterocycles. The number of carbonyl (C=O) groups excluding carboxylic acids is 2. The van der Waals surface area contributed by atoms with Gasteiger partial charge < -0.3 is 14.8 Å². The summed E-state index contributed by atoms with van der Waals surface area (Å²) in [5.74, 6) is -1.29. The average Bonchev–Trinajstić information content (AvgIpc) is 3.27. The number of hydrogen-bond acceptors (Lipinski definition) is 5. The molecule has 2 aromatic carbocycles. The predicted octanol–water partition coefficient (Wildman–Crippen LogP) is 5.91. The summed E-state index contributed by atoms with van der Waals surface area (Å²) in [6, 6.07) is 7.93. The molecule has 0 radical (unpaired) electrons. The first-order chi connectivity index (χ1) is 16.6. The Morgan fingerprint density at radius 1 is 1.11 bits per heavy atom. The summed E-state index contributed by atoms with van der Waals surface area (Å²) in [5.41, 5.74) is 1.10. The summed E-state index contributed by atoms with van der Waals surface area (Å²) < 4.78 is 50.6. The minimum atomic E-state index is -4.60. The highest BCUT2D eigenvalue weighted by atomic mass is 35.5. The minimum Gasteiger partial charge on any atom is -0.454 e. The lowest BCUT2D eigenvalue weighted by Crippen LogP contribution is -2.39. The maximum absolute atomic E-state index is 13.6. The largest absolute Gasteiger partial charge is 0.454 e. The molecule has 2 aliphatic heterocycles. The Labute approximate surface area is 203 Å². The van der Waals surface area contributed by atoms with E-state index in [1.54, 1.807) is 25.1 Å². The Kier molecular flexibility index (Phi) is 5.83. The van der Waals surface area contributed by atoms with Crippen LogP contribution in [0.1, 0.15) is 43.2 Å². The summed E-state index contributed by atoms with van der Waals surface area (Å²) in [6.45, 7) is 1.75. The second-order valence-electron chi connectivity index (χ2n) is 8.64. The molecule has 1 unspecified atom stereocenters. The molecule has 2 heterocycles. The molecule has 0 bridgehead atoms. The number of nitrogens with one attached hydrogen (secondary N) is 1. The maximum atomic E-state index is 13.6. The van der Waals surface area contributed by atoms with Crippen molar-refractivity contribution >= 4 is 34.7 Å². The zero-order valence-corrected chi connectivity index (χ0v) is 19.3. The van der Waals surface area contributed by atoms with E-state index in [1.807, 2.05) is 0 Å². The minimum absolute atomic E-state index is 0.0370. The van der Waals surface area contributed by atoms with E-state index in [0.717, 1.165) is 18.2 Å². The highest BCUT2D eigenvalue weighted by Crippen LogP contribution is 2.46. The van der Waals surface area contributed by atoms with Crippen molar-refractivity contribution in [3.05, 3.63) is 63.8 Å². The van der Waals surface area contributed by atoms with Gasteiger partial charge in [-0.2, -0.15) is 13.2 Å². The molecular weight excluding hydrogens is 485 g/mol. The van der Waals surface area contributed by atoms with Crippen molar-refractivity contribution in [1.82, 2.24) is 0 Å². The Morgan fingerprint density at radius 2 is 1.89 bits per heavy atom. The molecule has 182 valence electrons. The van der Waals surface area contributed by atoms with E-state index >= 15 is 0 Å². The smallest absolute Gasteiger partial charge is 0.416 e. The lowest BCUT2D eigenvalue weighted by molar-refractivity contribution is -0.137. The summed E-state index contributed by atoms with van der Waals surface area (Å²) in [6.07, 6.45) is -3.00. The van der Waals surface area contributed by atoms with Gasteiger partial charge in [0, 0.05) is 29.3 Å². The summed E-state index contributed by atoms with van der Waals surface area (Å²) >= 11 is 6.11. The summed E-state index contributed by atoms with van der Waals surface area (Å²) in [5, 5.41) is 2.51. The Morgan fingerprint density at radius 3 is 2.66 bits per heavy atom. The van der Waals surface area contributed by atoms with Gasteiger partial charge >= 0.3 is 6.18 Å². The van der Waals surface area contributed by atoms with Crippen molar-refractivity contribution in [2.75, 3.05) is 12.1 Å². The van der Waals surface area contributed by atoms with Gasteiger partial charge in [0.25, 0.3) is 0 Å². The Balaban J connectivity index is 1.56. The van der Waals surface area contributed by atoms with Gasteiger partial charge in [-0.25, -0.2) is 0 Å². The van der Waals surface area contributed by atoms with Crippen LogP contribution < -0.4 is 14.8 Å². The van der Waals surface area contributed by atoms with Gasteiger partial charge in [0.2, 0.25) is 12.7 Å². The highest BCUT2D eigenvalue weighted by molar-refractivity contribution is 6.34. The quantitative estimate of drug-likeness (QED) is 0.564. The Bertz CT molecular complexity index is 1300. The summed E-state index contributed by atoms with van der Waals surface area (Å²) in [7, 11) is 0. The number of ether oxygens (including phenoxy) is 2. The first-order valence-electron chi connectivity index (χ1n) is 11.0. The van der Waals surface area contributed by atoms with Crippen LogP contribution in [0, 0.1) is 5.92 Å². The average molecular weight is 505 g/mol. The van der Waals surface area contributed by atoms with Crippen LogP contribution in [-0.4, -0.2) is 24.2 Å². The number of aliphatic imine (C=N–C) groups is 1. The zero-order chi connectivity index (χ0) is 24.9. The van der Waals surface area contributed by atoms with E-state index < -0.39 is 29.5 Å². The molecule has 0 fully saturated rings. The fraction of sp³-hybridized carbons (Fsp3) is 0.320. The van der Waals surface area contributed by atoms with Crippen molar-refractivity contribution < 1.29 is 32.2 Å². The number of Topliss-reactive ketones (excluding diaryl/α,β-unsaturated/α-hetero) is 1. The van der Waals surface area contributed by atoms with Crippen LogP contribution in [0.2, 0.25) is 5.02 Å². The van der Waals surface area contributed by atoms with Crippen molar-refractivity contribution in [3.63, 3.8) is 0 Å². The van der Waals surface area contributed by atoms with E-state index in [0.29, 0.717) is 53.3 Å². The topological polar surface area (TPSA) is 77.0 Å². The molecule has 0 spiro atoms. The number of carbonyl (C=O) groups is 2. The predicted molar refractivity (Wildman–Crippen MR) is 123 cm³/mol. The number of nitrogens with zero attached hydrogens (tertiary/aromatic N) is 1. The Hall–Kier alpha value is -3.33. The third-order valence-electron chi connectivity index (χ3n) is 6.42. The lowest BCUT2D eigenvalue weighted by atomic mass is 9.71. The molecule has 1 aliphatic carbocycles. The molecule has 2 atom stereocenters. The monoisotopic (exact) mass is 504 g/mol. The van der Waals surface area contributed by atoms with Crippen molar-refractivity contribution in [2.45, 2.75) is 38.3 Å². The SMILES string of the molecule is CC1=NC2=C(C(=O)CCC2)[C@H](c2ccc3c(c2)OCO3)C1C(=O)Nc1cc(C(F)(F)F)ccc1Cl. The van der Waals surface area contributed by atoms with Crippen molar-refractivity contribution in [2.24, 2.45) is 10.9 Å². The van der Waals surface area contributed by atoms with E-state index in [2.05, 4.69) is 10.3 Å². The van der Waals surface area contributed by atoms with Gasteiger partial charge in [-0.3, -0.25) is 14.6 Å². The molecule has 35 heavy (non-hydrogen) atoms. The van der Waals surface area contributed by atoms with Crippen LogP contribution in [0.15, 0.2) is 52.7 Å². The van der Waals surface area contributed by atoms with Gasteiger partial charge in [0.05, 0.1) is 22.2 Å². The fourth-order valence-electron chi connectivity index (χ4n) is 4.82. The molecule has 10 heteroatoms. The molecule has 0 saturated carbocycles. The number of halogens is 4. The molecule has 5 rings (SSSR count). The first-order valence-corrected chi connectivity index (χ1v) is 11.4. The third kappa shape index (κ3) is 4.29. The van der Waals surface area contributed by atoms with Gasteiger partial charge in [0.1, 0.15) is 0 Å². The number of alkyl halides is 3. The normalized spacial score (nSPS) is 21.5. The zero-order valence-electron chi connectivity index (χ0n) is 18.5. The molecule has 2 aromatic rings. The second kappa shape index (κ2) is 8.71.